The van der Waals surface area contributed by atoms with E-state index in [2.05, 4.69) is 25.8 Å². The molecule has 2 aromatic heterocycles. The van der Waals surface area contributed by atoms with Crippen LogP contribution in [0.4, 0.5) is 5.95 Å². The molecule has 0 saturated carbocycles. The summed E-state index contributed by atoms with van der Waals surface area (Å²) in [6.45, 7) is 5.02. The molecule has 2 aliphatic heterocycles. The Kier molecular flexibility index (Phi) is 4.72. The summed E-state index contributed by atoms with van der Waals surface area (Å²) in [6, 6.07) is 4.30. The van der Waals surface area contributed by atoms with E-state index in [1.807, 2.05) is 24.7 Å². The molecule has 2 saturated heterocycles. The number of anilines is 1. The van der Waals surface area contributed by atoms with E-state index in [1.165, 1.54) is 24.8 Å². The van der Waals surface area contributed by atoms with Gasteiger partial charge in [-0.05, 0) is 49.9 Å². The van der Waals surface area contributed by atoms with Crippen LogP contribution in [0.1, 0.15) is 24.8 Å². The minimum absolute atomic E-state index is 0.356. The van der Waals surface area contributed by atoms with E-state index in [9.17, 15) is 0 Å². The molecule has 6 nitrogen and oxygen atoms in total. The lowest BCUT2D eigenvalue weighted by Crippen LogP contribution is -2.41. The first-order chi connectivity index (χ1) is 12.3. The fraction of sp³-hybridized carbons (Fsp3) is 0.579. The SMILES string of the molecule is COC[C@@H]1CC2(CCN(Cc3ccoc3)CC2)CN1c1ncccn1. The first-order valence-corrected chi connectivity index (χ1v) is 9.04. The molecule has 134 valence electrons. The van der Waals surface area contributed by atoms with Gasteiger partial charge in [-0.2, -0.15) is 0 Å². The number of piperidine rings is 1. The van der Waals surface area contributed by atoms with Crippen molar-refractivity contribution in [3.63, 3.8) is 0 Å². The molecular formula is C19H26N4O2. The first-order valence-electron chi connectivity index (χ1n) is 9.04. The highest BCUT2D eigenvalue weighted by Gasteiger charge is 2.46. The normalized spacial score (nSPS) is 23.4. The third kappa shape index (κ3) is 3.55. The number of aromatic nitrogens is 2. The van der Waals surface area contributed by atoms with E-state index in [-0.39, 0.29) is 0 Å². The van der Waals surface area contributed by atoms with Crippen molar-refractivity contribution in [3.8, 4) is 0 Å². The Hall–Kier alpha value is -1.92. The number of hydrogen-bond acceptors (Lipinski definition) is 6. The predicted molar refractivity (Wildman–Crippen MR) is 95.3 cm³/mol. The zero-order valence-corrected chi connectivity index (χ0v) is 14.8. The van der Waals surface area contributed by atoms with Crippen molar-refractivity contribution in [2.45, 2.75) is 31.8 Å². The van der Waals surface area contributed by atoms with Crippen molar-refractivity contribution >= 4 is 5.95 Å². The third-order valence-electron chi connectivity index (χ3n) is 5.69. The van der Waals surface area contributed by atoms with Gasteiger partial charge >= 0.3 is 0 Å². The van der Waals surface area contributed by atoms with Gasteiger partial charge in [0.1, 0.15) is 0 Å². The van der Waals surface area contributed by atoms with Crippen LogP contribution in [-0.4, -0.2) is 54.3 Å². The smallest absolute Gasteiger partial charge is 0.225 e. The average Bonchev–Trinajstić information content (AvgIpc) is 3.27. The Bertz CT molecular complexity index is 653. The molecule has 4 rings (SSSR count). The first kappa shape index (κ1) is 16.5. The number of ether oxygens (including phenoxy) is 1. The van der Waals surface area contributed by atoms with E-state index in [4.69, 9.17) is 9.15 Å². The van der Waals surface area contributed by atoms with Crippen molar-refractivity contribution in [2.24, 2.45) is 5.41 Å². The number of methoxy groups -OCH3 is 1. The van der Waals surface area contributed by atoms with Crippen LogP contribution in [0.2, 0.25) is 0 Å². The lowest BCUT2D eigenvalue weighted by molar-refractivity contribution is 0.105. The maximum absolute atomic E-state index is 5.48. The van der Waals surface area contributed by atoms with Gasteiger partial charge in [0, 0.05) is 38.2 Å². The van der Waals surface area contributed by atoms with Crippen LogP contribution in [0.15, 0.2) is 41.5 Å². The van der Waals surface area contributed by atoms with Gasteiger partial charge < -0.3 is 14.1 Å². The van der Waals surface area contributed by atoms with Crippen molar-refractivity contribution in [1.29, 1.82) is 0 Å². The largest absolute Gasteiger partial charge is 0.472 e. The number of hydrogen-bond donors (Lipinski definition) is 0. The second kappa shape index (κ2) is 7.14. The average molecular weight is 342 g/mol. The van der Waals surface area contributed by atoms with E-state index < -0.39 is 0 Å². The monoisotopic (exact) mass is 342 g/mol. The predicted octanol–water partition coefficient (Wildman–Crippen LogP) is 2.58. The van der Waals surface area contributed by atoms with Gasteiger partial charge in [-0.15, -0.1) is 0 Å². The van der Waals surface area contributed by atoms with Crippen LogP contribution in [-0.2, 0) is 11.3 Å². The highest BCUT2D eigenvalue weighted by atomic mass is 16.5. The van der Waals surface area contributed by atoms with Gasteiger partial charge in [0.25, 0.3) is 0 Å². The Labute approximate surface area is 148 Å². The fourth-order valence-electron chi connectivity index (χ4n) is 4.37. The van der Waals surface area contributed by atoms with Gasteiger partial charge in [0.05, 0.1) is 25.2 Å². The maximum atomic E-state index is 5.48. The van der Waals surface area contributed by atoms with E-state index in [0.717, 1.165) is 38.7 Å². The van der Waals surface area contributed by atoms with Crippen LogP contribution in [0.3, 0.4) is 0 Å². The maximum Gasteiger partial charge on any atom is 0.225 e. The molecule has 0 radical (unpaired) electrons. The fourth-order valence-corrected chi connectivity index (χ4v) is 4.37. The van der Waals surface area contributed by atoms with Crippen LogP contribution in [0.25, 0.3) is 0 Å². The zero-order chi connectivity index (χ0) is 17.1. The van der Waals surface area contributed by atoms with E-state index in [1.54, 1.807) is 13.4 Å². The molecule has 0 aliphatic carbocycles. The topological polar surface area (TPSA) is 54.6 Å². The summed E-state index contributed by atoms with van der Waals surface area (Å²) in [4.78, 5) is 13.8. The molecule has 0 N–H and O–H groups in total. The van der Waals surface area contributed by atoms with Crippen LogP contribution >= 0.6 is 0 Å². The molecule has 2 aromatic rings. The Morgan fingerprint density at radius 3 is 2.76 bits per heavy atom. The second-order valence-corrected chi connectivity index (χ2v) is 7.40. The van der Waals surface area contributed by atoms with Crippen LogP contribution < -0.4 is 4.90 Å². The summed E-state index contributed by atoms with van der Waals surface area (Å²) in [5.41, 5.74) is 1.62. The Morgan fingerprint density at radius 2 is 2.08 bits per heavy atom. The summed E-state index contributed by atoms with van der Waals surface area (Å²) < 4.78 is 10.7. The summed E-state index contributed by atoms with van der Waals surface area (Å²) >= 11 is 0. The number of furan rings is 1. The minimum atomic E-state index is 0.356. The molecular weight excluding hydrogens is 316 g/mol. The van der Waals surface area contributed by atoms with E-state index in [0.29, 0.717) is 11.5 Å². The molecule has 6 heteroatoms. The molecule has 25 heavy (non-hydrogen) atoms. The van der Waals surface area contributed by atoms with E-state index >= 15 is 0 Å². The molecule has 0 aromatic carbocycles. The van der Waals surface area contributed by atoms with Crippen molar-refractivity contribution in [1.82, 2.24) is 14.9 Å². The number of rotatable bonds is 5. The van der Waals surface area contributed by atoms with Gasteiger partial charge in [0.2, 0.25) is 5.95 Å². The molecule has 1 spiro atoms. The van der Waals surface area contributed by atoms with Gasteiger partial charge in [-0.3, -0.25) is 4.90 Å². The molecule has 0 unspecified atom stereocenters. The molecule has 0 amide bonds. The van der Waals surface area contributed by atoms with Gasteiger partial charge in [0.15, 0.2) is 0 Å². The molecule has 2 aliphatic rings. The van der Waals surface area contributed by atoms with Crippen LogP contribution in [0.5, 0.6) is 0 Å². The zero-order valence-electron chi connectivity index (χ0n) is 14.8. The molecule has 0 bridgehead atoms. The molecule has 1 atom stereocenters. The Morgan fingerprint density at radius 1 is 1.28 bits per heavy atom. The van der Waals surface area contributed by atoms with Gasteiger partial charge in [-0.25, -0.2) is 9.97 Å². The highest BCUT2D eigenvalue weighted by Crippen LogP contribution is 2.44. The second-order valence-electron chi connectivity index (χ2n) is 7.40. The lowest BCUT2D eigenvalue weighted by atomic mass is 9.76. The summed E-state index contributed by atoms with van der Waals surface area (Å²) in [5, 5.41) is 0. The molecule has 2 fully saturated rings. The third-order valence-corrected chi connectivity index (χ3v) is 5.69. The summed E-state index contributed by atoms with van der Waals surface area (Å²) in [5.74, 6) is 0.835. The molecule has 4 heterocycles. The number of likely N-dealkylation sites (tertiary alicyclic amines) is 1. The Balaban J connectivity index is 1.42. The number of nitrogens with zero attached hydrogens (tertiary/aromatic N) is 4. The quantitative estimate of drug-likeness (QED) is 0.832. The highest BCUT2D eigenvalue weighted by molar-refractivity contribution is 5.35. The summed E-state index contributed by atoms with van der Waals surface area (Å²) in [6.07, 6.45) is 10.9. The van der Waals surface area contributed by atoms with Gasteiger partial charge in [-0.1, -0.05) is 0 Å². The van der Waals surface area contributed by atoms with Crippen molar-refractivity contribution in [2.75, 3.05) is 38.3 Å². The lowest BCUT2D eigenvalue weighted by Gasteiger charge is -2.39. The standard InChI is InChI=1S/C19H26N4O2/c1-24-14-17-11-19(15-23(17)18-20-6-2-7-21-18)4-8-22(9-5-19)12-16-3-10-25-13-16/h2-3,6-7,10,13,17H,4-5,8-9,11-12,14-15H2,1H3/t17-/m0/s1. The van der Waals surface area contributed by atoms with Crippen molar-refractivity contribution < 1.29 is 9.15 Å². The van der Waals surface area contributed by atoms with Crippen LogP contribution in [0, 0.1) is 5.41 Å². The summed E-state index contributed by atoms with van der Waals surface area (Å²) in [7, 11) is 1.78. The van der Waals surface area contributed by atoms with Crippen molar-refractivity contribution in [3.05, 3.63) is 42.6 Å². The minimum Gasteiger partial charge on any atom is -0.472 e.